The summed E-state index contributed by atoms with van der Waals surface area (Å²) < 4.78 is -1.18. The van der Waals surface area contributed by atoms with Crippen LogP contribution in [0.3, 0.4) is 0 Å². The normalized spacial score (nSPS) is 19.8. The Morgan fingerprint density at radius 2 is 1.88 bits per heavy atom. The first-order valence-corrected chi connectivity index (χ1v) is 8.70. The average Bonchev–Trinajstić information content (AvgIpc) is 2.59. The van der Waals surface area contributed by atoms with Crippen molar-refractivity contribution in [1.82, 2.24) is 5.32 Å². The number of hydrogen-bond donors (Lipinski definition) is 1. The molecule has 3 rings (SSSR count). The van der Waals surface area contributed by atoms with Gasteiger partial charge < -0.3 is 10.2 Å². The minimum Gasteiger partial charge on any atom is -0.350 e. The van der Waals surface area contributed by atoms with Gasteiger partial charge in [0.15, 0.2) is 4.75 Å². The molecule has 0 spiro atoms. The summed E-state index contributed by atoms with van der Waals surface area (Å²) in [5, 5.41) is 3.51. The van der Waals surface area contributed by atoms with Crippen molar-refractivity contribution in [3.05, 3.63) is 59.1 Å². The van der Waals surface area contributed by atoms with E-state index in [4.69, 9.17) is 11.6 Å². The van der Waals surface area contributed by atoms with Crippen molar-refractivity contribution < 1.29 is 9.59 Å². The minimum atomic E-state index is -1.18. The molecular weight excluding hydrogens is 344 g/mol. The SMILES string of the molecule is CN1C(=O)C(C)(C(=O)NCc2ccc(Cl)cc2)Sc2ccccc21. The second kappa shape index (κ2) is 6.49. The number of amides is 2. The summed E-state index contributed by atoms with van der Waals surface area (Å²) in [4.78, 5) is 27.9. The monoisotopic (exact) mass is 360 g/mol. The van der Waals surface area contributed by atoms with Gasteiger partial charge in [0.05, 0.1) is 5.69 Å². The number of carbonyl (C=O) groups excluding carboxylic acids is 2. The topological polar surface area (TPSA) is 49.4 Å². The molecule has 2 amide bonds. The number of thioether (sulfide) groups is 1. The summed E-state index contributed by atoms with van der Waals surface area (Å²) >= 11 is 7.15. The Kier molecular flexibility index (Phi) is 4.56. The van der Waals surface area contributed by atoms with Crippen LogP contribution in [0.2, 0.25) is 5.02 Å². The van der Waals surface area contributed by atoms with E-state index >= 15 is 0 Å². The summed E-state index contributed by atoms with van der Waals surface area (Å²) in [6, 6.07) is 14.8. The van der Waals surface area contributed by atoms with Gasteiger partial charge in [0.1, 0.15) is 0 Å². The van der Waals surface area contributed by atoms with Crippen molar-refractivity contribution in [3.63, 3.8) is 0 Å². The molecule has 1 unspecified atom stereocenters. The van der Waals surface area contributed by atoms with Crippen molar-refractivity contribution in [1.29, 1.82) is 0 Å². The standard InChI is InChI=1S/C18H17ClN2O2S/c1-18(16(22)20-11-12-7-9-13(19)10-8-12)17(23)21(2)14-5-3-4-6-15(14)24-18/h3-10H,11H2,1-2H3,(H,20,22). The number of nitrogens with zero attached hydrogens (tertiary/aromatic N) is 1. The van der Waals surface area contributed by atoms with E-state index in [1.165, 1.54) is 11.8 Å². The Balaban J connectivity index is 1.78. The molecule has 1 atom stereocenters. The van der Waals surface area contributed by atoms with E-state index in [0.717, 1.165) is 16.1 Å². The molecule has 2 aromatic carbocycles. The molecule has 0 saturated heterocycles. The highest BCUT2D eigenvalue weighted by atomic mass is 35.5. The fourth-order valence-corrected chi connectivity index (χ4v) is 4.02. The zero-order valence-electron chi connectivity index (χ0n) is 13.4. The number of nitrogens with one attached hydrogen (secondary N) is 1. The highest BCUT2D eigenvalue weighted by molar-refractivity contribution is 8.02. The molecule has 24 heavy (non-hydrogen) atoms. The predicted octanol–water partition coefficient (Wildman–Crippen LogP) is 3.48. The number of rotatable bonds is 3. The number of fused-ring (bicyclic) bond motifs is 1. The van der Waals surface area contributed by atoms with Crippen molar-refractivity contribution in [2.24, 2.45) is 0 Å². The Hall–Kier alpha value is -1.98. The van der Waals surface area contributed by atoms with Crippen LogP contribution in [0.5, 0.6) is 0 Å². The summed E-state index contributed by atoms with van der Waals surface area (Å²) in [7, 11) is 1.70. The van der Waals surface area contributed by atoms with Gasteiger partial charge in [-0.15, -0.1) is 0 Å². The molecule has 4 nitrogen and oxygen atoms in total. The molecule has 0 radical (unpaired) electrons. The van der Waals surface area contributed by atoms with Gasteiger partial charge in [-0.05, 0) is 36.8 Å². The fourth-order valence-electron chi connectivity index (χ4n) is 2.61. The second-order valence-electron chi connectivity index (χ2n) is 5.78. The van der Waals surface area contributed by atoms with Gasteiger partial charge in [0, 0.05) is 23.5 Å². The fraction of sp³-hybridized carbons (Fsp3) is 0.222. The Morgan fingerprint density at radius 3 is 2.58 bits per heavy atom. The number of hydrogen-bond acceptors (Lipinski definition) is 3. The van der Waals surface area contributed by atoms with Crippen LogP contribution in [-0.2, 0) is 16.1 Å². The third-order valence-corrected chi connectivity index (χ3v) is 5.64. The van der Waals surface area contributed by atoms with Crippen molar-refractivity contribution in [3.8, 4) is 0 Å². The lowest BCUT2D eigenvalue weighted by molar-refractivity contribution is -0.131. The van der Waals surface area contributed by atoms with Crippen molar-refractivity contribution in [2.45, 2.75) is 23.1 Å². The largest absolute Gasteiger partial charge is 0.350 e. The summed E-state index contributed by atoms with van der Waals surface area (Å²) in [6.07, 6.45) is 0. The maximum Gasteiger partial charge on any atom is 0.252 e. The number of benzene rings is 2. The molecule has 1 N–H and O–H groups in total. The lowest BCUT2D eigenvalue weighted by atomic mass is 10.1. The molecule has 0 aromatic heterocycles. The maximum atomic E-state index is 12.7. The molecule has 0 bridgehead atoms. The van der Waals surface area contributed by atoms with Crippen LogP contribution in [-0.4, -0.2) is 23.6 Å². The van der Waals surface area contributed by atoms with Gasteiger partial charge in [-0.1, -0.05) is 47.6 Å². The lowest BCUT2D eigenvalue weighted by Gasteiger charge is -2.36. The average molecular weight is 361 g/mol. The Labute approximate surface area is 150 Å². The highest BCUT2D eigenvalue weighted by Gasteiger charge is 2.48. The van der Waals surface area contributed by atoms with Gasteiger partial charge in [-0.25, -0.2) is 0 Å². The van der Waals surface area contributed by atoms with E-state index in [1.54, 1.807) is 31.0 Å². The van der Waals surface area contributed by atoms with Crippen LogP contribution in [0, 0.1) is 0 Å². The Morgan fingerprint density at radius 1 is 1.21 bits per heavy atom. The van der Waals surface area contributed by atoms with E-state index in [9.17, 15) is 9.59 Å². The minimum absolute atomic E-state index is 0.222. The van der Waals surface area contributed by atoms with Crippen molar-refractivity contribution in [2.75, 3.05) is 11.9 Å². The third kappa shape index (κ3) is 3.01. The van der Waals surface area contributed by atoms with Gasteiger partial charge >= 0.3 is 0 Å². The van der Waals surface area contributed by atoms with Gasteiger partial charge in [0.25, 0.3) is 5.91 Å². The van der Waals surface area contributed by atoms with E-state index in [0.29, 0.717) is 11.6 Å². The molecule has 0 fully saturated rings. The zero-order chi connectivity index (χ0) is 17.3. The first-order chi connectivity index (χ1) is 11.4. The van der Waals surface area contributed by atoms with Crippen LogP contribution in [0.4, 0.5) is 5.69 Å². The second-order valence-corrected chi connectivity index (χ2v) is 7.67. The molecule has 1 heterocycles. The van der Waals surface area contributed by atoms with Crippen molar-refractivity contribution >= 4 is 40.9 Å². The van der Waals surface area contributed by atoms with Gasteiger partial charge in [-0.2, -0.15) is 0 Å². The molecule has 0 aliphatic carbocycles. The van der Waals surface area contributed by atoms with Crippen LogP contribution >= 0.6 is 23.4 Å². The third-order valence-electron chi connectivity index (χ3n) is 4.05. The molecule has 1 aliphatic rings. The Bertz CT molecular complexity index is 794. The van der Waals surface area contributed by atoms with Crippen LogP contribution < -0.4 is 10.2 Å². The number of halogens is 1. The molecule has 1 aliphatic heterocycles. The van der Waals surface area contributed by atoms with E-state index in [-0.39, 0.29) is 11.8 Å². The summed E-state index contributed by atoms with van der Waals surface area (Å²) in [6.45, 7) is 2.02. The van der Waals surface area contributed by atoms with E-state index < -0.39 is 4.75 Å². The number of carbonyl (C=O) groups is 2. The number of para-hydroxylation sites is 1. The number of anilines is 1. The smallest absolute Gasteiger partial charge is 0.252 e. The predicted molar refractivity (Wildman–Crippen MR) is 97.4 cm³/mol. The van der Waals surface area contributed by atoms with E-state index in [2.05, 4.69) is 5.32 Å². The van der Waals surface area contributed by atoms with E-state index in [1.807, 2.05) is 36.4 Å². The summed E-state index contributed by atoms with van der Waals surface area (Å²) in [5.74, 6) is -0.520. The maximum absolute atomic E-state index is 12.7. The zero-order valence-corrected chi connectivity index (χ0v) is 14.9. The van der Waals surface area contributed by atoms with Crippen LogP contribution in [0.1, 0.15) is 12.5 Å². The molecule has 6 heteroatoms. The highest BCUT2D eigenvalue weighted by Crippen LogP contribution is 2.44. The molecule has 124 valence electrons. The quantitative estimate of drug-likeness (QED) is 0.852. The molecule has 2 aromatic rings. The van der Waals surface area contributed by atoms with Gasteiger partial charge in [-0.3, -0.25) is 9.59 Å². The first-order valence-electron chi connectivity index (χ1n) is 7.51. The van der Waals surface area contributed by atoms with Crippen LogP contribution in [0.25, 0.3) is 0 Å². The van der Waals surface area contributed by atoms with Crippen LogP contribution in [0.15, 0.2) is 53.4 Å². The molecular formula is C18H17ClN2O2S. The molecule has 0 saturated carbocycles. The first kappa shape index (κ1) is 16.9. The summed E-state index contributed by atoms with van der Waals surface area (Å²) in [5.41, 5.74) is 1.76. The van der Waals surface area contributed by atoms with Gasteiger partial charge in [0.2, 0.25) is 5.91 Å². The lowest BCUT2D eigenvalue weighted by Crippen LogP contribution is -2.55.